The standard InChI is InChI=1S/C20H15ClN2O5/c1-12-9-17(28-23-12)20(26)27-11-18(24)22-16-8-7-14(21)10-15(16)19(25)13-5-3-2-4-6-13/h2-10H,11H2,1H3,(H,22,24). The summed E-state index contributed by atoms with van der Waals surface area (Å²) in [5.74, 6) is -1.83. The summed E-state index contributed by atoms with van der Waals surface area (Å²) >= 11 is 6.01. The maximum absolute atomic E-state index is 12.7. The Bertz CT molecular complexity index is 1030. The first-order valence-corrected chi connectivity index (χ1v) is 8.61. The SMILES string of the molecule is Cc1cc(C(=O)OCC(=O)Nc2ccc(Cl)cc2C(=O)c2ccccc2)on1. The fourth-order valence-electron chi connectivity index (χ4n) is 2.41. The third-order valence-corrected chi connectivity index (χ3v) is 3.93. The van der Waals surface area contributed by atoms with E-state index in [-0.39, 0.29) is 22.8 Å². The summed E-state index contributed by atoms with van der Waals surface area (Å²) in [4.78, 5) is 36.7. The lowest BCUT2D eigenvalue weighted by molar-refractivity contribution is -0.119. The number of carbonyl (C=O) groups is 3. The van der Waals surface area contributed by atoms with Crippen LogP contribution in [0.2, 0.25) is 5.02 Å². The van der Waals surface area contributed by atoms with Crippen molar-refractivity contribution in [3.05, 3.63) is 82.2 Å². The molecule has 0 spiro atoms. The van der Waals surface area contributed by atoms with E-state index in [0.717, 1.165) is 0 Å². The first kappa shape index (κ1) is 19.3. The Labute approximate surface area is 165 Å². The lowest BCUT2D eigenvalue weighted by atomic mass is 10.0. The van der Waals surface area contributed by atoms with Gasteiger partial charge in [0.15, 0.2) is 12.4 Å². The number of ether oxygens (including phenoxy) is 1. The van der Waals surface area contributed by atoms with Crippen LogP contribution in [-0.4, -0.2) is 29.4 Å². The molecule has 0 unspecified atom stereocenters. The van der Waals surface area contributed by atoms with Crippen LogP contribution in [0.3, 0.4) is 0 Å². The van der Waals surface area contributed by atoms with Gasteiger partial charge >= 0.3 is 5.97 Å². The number of ketones is 1. The number of nitrogens with one attached hydrogen (secondary N) is 1. The molecule has 2 aromatic carbocycles. The molecule has 0 aliphatic rings. The number of aryl methyl sites for hydroxylation is 1. The average molecular weight is 399 g/mol. The van der Waals surface area contributed by atoms with Crippen molar-refractivity contribution >= 4 is 34.9 Å². The van der Waals surface area contributed by atoms with Gasteiger partial charge in [0.05, 0.1) is 11.4 Å². The van der Waals surface area contributed by atoms with Crippen LogP contribution in [-0.2, 0) is 9.53 Å². The van der Waals surface area contributed by atoms with Gasteiger partial charge in [-0.25, -0.2) is 4.79 Å². The maximum Gasteiger partial charge on any atom is 0.377 e. The first-order valence-electron chi connectivity index (χ1n) is 8.23. The van der Waals surface area contributed by atoms with Crippen molar-refractivity contribution in [3.63, 3.8) is 0 Å². The molecule has 0 fully saturated rings. The Morgan fingerprint density at radius 3 is 2.54 bits per heavy atom. The van der Waals surface area contributed by atoms with Gasteiger partial charge < -0.3 is 14.6 Å². The van der Waals surface area contributed by atoms with Crippen molar-refractivity contribution < 1.29 is 23.6 Å². The Morgan fingerprint density at radius 2 is 1.86 bits per heavy atom. The van der Waals surface area contributed by atoms with Crippen LogP contribution in [0.5, 0.6) is 0 Å². The Hall–Kier alpha value is -3.45. The molecule has 0 saturated heterocycles. The summed E-state index contributed by atoms with van der Waals surface area (Å²) in [6.07, 6.45) is 0. The number of hydrogen-bond acceptors (Lipinski definition) is 6. The fraction of sp³-hybridized carbons (Fsp3) is 0.100. The van der Waals surface area contributed by atoms with E-state index in [1.807, 2.05) is 0 Å². The van der Waals surface area contributed by atoms with Crippen LogP contribution >= 0.6 is 11.6 Å². The Kier molecular flexibility index (Phi) is 5.86. The summed E-state index contributed by atoms with van der Waals surface area (Å²) in [7, 11) is 0. The molecule has 0 aliphatic heterocycles. The molecule has 7 nitrogen and oxygen atoms in total. The molecule has 8 heteroatoms. The third kappa shape index (κ3) is 4.63. The van der Waals surface area contributed by atoms with E-state index in [2.05, 4.69) is 10.5 Å². The van der Waals surface area contributed by atoms with Crippen molar-refractivity contribution in [2.75, 3.05) is 11.9 Å². The summed E-state index contributed by atoms with van der Waals surface area (Å²) in [6.45, 7) is 1.10. The first-order chi connectivity index (χ1) is 13.4. The lowest BCUT2D eigenvalue weighted by Gasteiger charge is -2.11. The summed E-state index contributed by atoms with van der Waals surface area (Å²) in [6, 6.07) is 14.5. The predicted octanol–water partition coefficient (Wildman–Crippen LogP) is 3.66. The smallest absolute Gasteiger partial charge is 0.377 e. The molecule has 0 radical (unpaired) electrons. The average Bonchev–Trinajstić information content (AvgIpc) is 3.14. The number of amides is 1. The van der Waals surface area contributed by atoms with Gasteiger partial charge in [0.1, 0.15) is 0 Å². The normalized spacial score (nSPS) is 10.4. The van der Waals surface area contributed by atoms with E-state index < -0.39 is 18.5 Å². The van der Waals surface area contributed by atoms with Gasteiger partial charge in [-0.1, -0.05) is 47.1 Å². The zero-order chi connectivity index (χ0) is 20.1. The van der Waals surface area contributed by atoms with Crippen LogP contribution in [0.4, 0.5) is 5.69 Å². The van der Waals surface area contributed by atoms with E-state index in [4.69, 9.17) is 20.9 Å². The predicted molar refractivity (Wildman–Crippen MR) is 101 cm³/mol. The van der Waals surface area contributed by atoms with Gasteiger partial charge in [0.2, 0.25) is 5.76 Å². The molecule has 0 bridgehead atoms. The van der Waals surface area contributed by atoms with Crippen molar-refractivity contribution in [1.82, 2.24) is 5.16 Å². The molecule has 1 aromatic heterocycles. The number of aromatic nitrogens is 1. The number of halogens is 1. The van der Waals surface area contributed by atoms with Crippen molar-refractivity contribution in [2.24, 2.45) is 0 Å². The number of esters is 1. The minimum atomic E-state index is -0.813. The second-order valence-corrected chi connectivity index (χ2v) is 6.28. The number of nitrogens with zero attached hydrogens (tertiary/aromatic N) is 1. The molecule has 1 amide bonds. The fourth-order valence-corrected chi connectivity index (χ4v) is 2.58. The molecule has 0 aliphatic carbocycles. The summed E-state index contributed by atoms with van der Waals surface area (Å²) in [5, 5.41) is 6.48. The second-order valence-electron chi connectivity index (χ2n) is 5.84. The molecule has 142 valence electrons. The summed E-state index contributed by atoms with van der Waals surface area (Å²) in [5.41, 5.74) is 1.45. The monoisotopic (exact) mass is 398 g/mol. The Morgan fingerprint density at radius 1 is 1.11 bits per heavy atom. The van der Waals surface area contributed by atoms with E-state index in [1.54, 1.807) is 43.3 Å². The summed E-state index contributed by atoms with van der Waals surface area (Å²) < 4.78 is 9.66. The maximum atomic E-state index is 12.7. The molecule has 3 aromatic rings. The van der Waals surface area contributed by atoms with E-state index in [0.29, 0.717) is 16.3 Å². The minimum absolute atomic E-state index is 0.100. The van der Waals surface area contributed by atoms with Gasteiger partial charge in [0.25, 0.3) is 5.91 Å². The molecule has 28 heavy (non-hydrogen) atoms. The zero-order valence-electron chi connectivity index (χ0n) is 14.8. The molecular formula is C20H15ClN2O5. The number of benzene rings is 2. The van der Waals surface area contributed by atoms with Crippen LogP contribution in [0, 0.1) is 6.92 Å². The van der Waals surface area contributed by atoms with Gasteiger partial charge in [-0.05, 0) is 25.1 Å². The highest BCUT2D eigenvalue weighted by atomic mass is 35.5. The lowest BCUT2D eigenvalue weighted by Crippen LogP contribution is -2.22. The molecule has 1 N–H and O–H groups in total. The van der Waals surface area contributed by atoms with Gasteiger partial charge in [-0.3, -0.25) is 9.59 Å². The van der Waals surface area contributed by atoms with Crippen LogP contribution in [0.15, 0.2) is 59.1 Å². The molecule has 1 heterocycles. The van der Waals surface area contributed by atoms with Gasteiger partial charge in [-0.2, -0.15) is 0 Å². The molecule has 0 saturated carbocycles. The van der Waals surface area contributed by atoms with Crippen LogP contribution < -0.4 is 5.32 Å². The number of hydrogen-bond donors (Lipinski definition) is 1. The highest BCUT2D eigenvalue weighted by molar-refractivity contribution is 6.31. The van der Waals surface area contributed by atoms with Gasteiger partial charge in [0, 0.05) is 22.2 Å². The second kappa shape index (κ2) is 8.49. The Balaban J connectivity index is 1.70. The zero-order valence-corrected chi connectivity index (χ0v) is 15.5. The third-order valence-electron chi connectivity index (χ3n) is 3.70. The topological polar surface area (TPSA) is 98.5 Å². The highest BCUT2D eigenvalue weighted by Crippen LogP contribution is 2.23. The quantitative estimate of drug-likeness (QED) is 0.502. The molecular weight excluding hydrogens is 384 g/mol. The van der Waals surface area contributed by atoms with Crippen molar-refractivity contribution in [3.8, 4) is 0 Å². The number of carbonyl (C=O) groups excluding carboxylic acids is 3. The van der Waals surface area contributed by atoms with Crippen molar-refractivity contribution in [2.45, 2.75) is 6.92 Å². The van der Waals surface area contributed by atoms with E-state index in [9.17, 15) is 14.4 Å². The van der Waals surface area contributed by atoms with Crippen LogP contribution in [0.25, 0.3) is 0 Å². The highest BCUT2D eigenvalue weighted by Gasteiger charge is 2.18. The minimum Gasteiger partial charge on any atom is -0.450 e. The number of anilines is 1. The van der Waals surface area contributed by atoms with E-state index >= 15 is 0 Å². The van der Waals surface area contributed by atoms with Crippen molar-refractivity contribution in [1.29, 1.82) is 0 Å². The number of rotatable bonds is 6. The molecule has 3 rings (SSSR count). The largest absolute Gasteiger partial charge is 0.450 e. The van der Waals surface area contributed by atoms with Crippen LogP contribution in [0.1, 0.15) is 32.2 Å². The van der Waals surface area contributed by atoms with E-state index in [1.165, 1.54) is 18.2 Å². The molecule has 0 atom stereocenters. The van der Waals surface area contributed by atoms with Gasteiger partial charge in [-0.15, -0.1) is 0 Å².